The lowest BCUT2D eigenvalue weighted by Gasteiger charge is -2.16. The molecule has 5 heteroatoms. The van der Waals surface area contributed by atoms with Gasteiger partial charge in [0.05, 0.1) is 11.0 Å². The first kappa shape index (κ1) is 21.5. The van der Waals surface area contributed by atoms with Crippen LogP contribution in [-0.2, 0) is 32.3 Å². The van der Waals surface area contributed by atoms with Crippen molar-refractivity contribution in [2.45, 2.75) is 19.1 Å². The third-order valence-corrected chi connectivity index (χ3v) is 5.80. The van der Waals surface area contributed by atoms with Crippen LogP contribution in [0, 0.1) is 0 Å². The second-order valence-corrected chi connectivity index (χ2v) is 8.01. The van der Waals surface area contributed by atoms with E-state index < -0.39 is 17.9 Å². The van der Waals surface area contributed by atoms with Gasteiger partial charge in [0, 0.05) is 17.1 Å². The van der Waals surface area contributed by atoms with E-state index in [0.717, 1.165) is 27.5 Å². The lowest BCUT2D eigenvalue weighted by molar-refractivity contribution is -0.159. The zero-order valence-electron chi connectivity index (χ0n) is 18.5. The van der Waals surface area contributed by atoms with Crippen LogP contribution in [0.4, 0.5) is 0 Å². The van der Waals surface area contributed by atoms with Gasteiger partial charge in [0.15, 0.2) is 5.92 Å². The van der Waals surface area contributed by atoms with Gasteiger partial charge in [-0.05, 0) is 29.3 Å². The summed E-state index contributed by atoms with van der Waals surface area (Å²) in [4.78, 5) is 26.8. The minimum atomic E-state index is -1.22. The maximum atomic E-state index is 13.4. The number of carbonyl (C=O) groups excluding carboxylic acids is 2. The highest BCUT2D eigenvalue weighted by Crippen LogP contribution is 2.34. The summed E-state index contributed by atoms with van der Waals surface area (Å²) in [7, 11) is 0. The second kappa shape index (κ2) is 9.63. The fourth-order valence-corrected chi connectivity index (χ4v) is 4.18. The standard InChI is InChI=1S/C29H23NO4/c31-28(33-19-21-11-3-1-4-12-21)27(29(32)34-20-22-13-5-2-6-14-22)26-23-15-7-8-16-24(23)30-18-10-9-17-25(26)30/h1-18,27H,19-20H2. The molecule has 2 heterocycles. The molecule has 0 spiro atoms. The number of hydrogen-bond donors (Lipinski definition) is 0. The average Bonchev–Trinajstić information content (AvgIpc) is 3.22. The van der Waals surface area contributed by atoms with E-state index in [1.165, 1.54) is 0 Å². The summed E-state index contributed by atoms with van der Waals surface area (Å²) < 4.78 is 13.3. The summed E-state index contributed by atoms with van der Waals surface area (Å²) >= 11 is 0. The van der Waals surface area contributed by atoms with Crippen molar-refractivity contribution in [1.82, 2.24) is 4.40 Å². The normalized spacial score (nSPS) is 11.1. The molecule has 0 radical (unpaired) electrons. The van der Waals surface area contributed by atoms with Gasteiger partial charge in [-0.3, -0.25) is 9.59 Å². The first-order valence-corrected chi connectivity index (χ1v) is 11.1. The van der Waals surface area contributed by atoms with Crippen molar-refractivity contribution < 1.29 is 19.1 Å². The molecule has 0 aliphatic carbocycles. The Labute approximate surface area is 197 Å². The molecule has 5 nitrogen and oxygen atoms in total. The van der Waals surface area contributed by atoms with Crippen molar-refractivity contribution in [3.63, 3.8) is 0 Å². The van der Waals surface area contributed by atoms with E-state index in [0.29, 0.717) is 5.56 Å². The SMILES string of the molecule is O=C(OCc1ccccc1)C(C(=O)OCc1ccccc1)c1c2ccccc2n2ccccc12. The van der Waals surface area contributed by atoms with Gasteiger partial charge in [-0.15, -0.1) is 0 Å². The van der Waals surface area contributed by atoms with Crippen molar-refractivity contribution in [2.24, 2.45) is 0 Å². The molecule has 2 aromatic heterocycles. The van der Waals surface area contributed by atoms with Crippen LogP contribution < -0.4 is 0 Å². The molecule has 0 fully saturated rings. The molecule has 0 aliphatic rings. The molecule has 0 atom stereocenters. The van der Waals surface area contributed by atoms with Crippen LogP contribution in [0.2, 0.25) is 0 Å². The van der Waals surface area contributed by atoms with Crippen LogP contribution in [0.1, 0.15) is 22.6 Å². The van der Waals surface area contributed by atoms with Crippen LogP contribution in [0.25, 0.3) is 16.4 Å². The number of carbonyl (C=O) groups is 2. The first-order chi connectivity index (χ1) is 16.7. The second-order valence-electron chi connectivity index (χ2n) is 8.01. The number of aromatic nitrogens is 1. The van der Waals surface area contributed by atoms with Crippen molar-refractivity contribution in [3.8, 4) is 0 Å². The number of fused-ring (bicyclic) bond motifs is 3. The molecule has 0 saturated carbocycles. The predicted molar refractivity (Wildman–Crippen MR) is 130 cm³/mol. The highest BCUT2D eigenvalue weighted by atomic mass is 16.6. The minimum Gasteiger partial charge on any atom is -0.460 e. The quantitative estimate of drug-likeness (QED) is 0.238. The zero-order valence-corrected chi connectivity index (χ0v) is 18.5. The number of esters is 2. The fraction of sp³-hybridized carbons (Fsp3) is 0.103. The van der Waals surface area contributed by atoms with E-state index in [1.54, 1.807) is 0 Å². The number of nitrogens with zero attached hydrogens (tertiary/aromatic N) is 1. The minimum absolute atomic E-state index is 0.0753. The van der Waals surface area contributed by atoms with Gasteiger partial charge in [-0.25, -0.2) is 0 Å². The van der Waals surface area contributed by atoms with Crippen molar-refractivity contribution in [1.29, 1.82) is 0 Å². The van der Waals surface area contributed by atoms with Gasteiger partial charge in [0.25, 0.3) is 0 Å². The van der Waals surface area contributed by atoms with Gasteiger partial charge < -0.3 is 13.9 Å². The molecule has 5 aromatic rings. The van der Waals surface area contributed by atoms with Crippen LogP contribution in [0.15, 0.2) is 109 Å². The summed E-state index contributed by atoms with van der Waals surface area (Å²) in [5.74, 6) is -2.49. The maximum absolute atomic E-state index is 13.4. The summed E-state index contributed by atoms with van der Waals surface area (Å²) in [5.41, 5.74) is 3.96. The van der Waals surface area contributed by atoms with Crippen LogP contribution in [0.3, 0.4) is 0 Å². The number of hydrogen-bond acceptors (Lipinski definition) is 4. The molecule has 34 heavy (non-hydrogen) atoms. The maximum Gasteiger partial charge on any atom is 0.325 e. The van der Waals surface area contributed by atoms with E-state index in [4.69, 9.17) is 9.47 Å². The Hall–Kier alpha value is -4.38. The van der Waals surface area contributed by atoms with Crippen molar-refractivity contribution in [3.05, 3.63) is 126 Å². The number of pyridine rings is 1. The highest BCUT2D eigenvalue weighted by molar-refractivity contribution is 6.08. The first-order valence-electron chi connectivity index (χ1n) is 11.1. The predicted octanol–water partition coefficient (Wildman–Crippen LogP) is 5.66. The summed E-state index contributed by atoms with van der Waals surface area (Å²) in [6.45, 7) is 0.151. The van der Waals surface area contributed by atoms with Gasteiger partial charge in [0.1, 0.15) is 13.2 Å². The van der Waals surface area contributed by atoms with E-state index in [2.05, 4.69) is 0 Å². The topological polar surface area (TPSA) is 57.0 Å². The van der Waals surface area contributed by atoms with Crippen LogP contribution in [0.5, 0.6) is 0 Å². The monoisotopic (exact) mass is 449 g/mol. The fourth-order valence-electron chi connectivity index (χ4n) is 4.18. The lowest BCUT2D eigenvalue weighted by Crippen LogP contribution is -2.26. The molecule has 3 aromatic carbocycles. The Morgan fingerprint density at radius 3 is 1.74 bits per heavy atom. The third-order valence-electron chi connectivity index (χ3n) is 5.80. The smallest absolute Gasteiger partial charge is 0.325 e. The molecule has 0 saturated heterocycles. The molecule has 5 rings (SSSR count). The third kappa shape index (κ3) is 4.28. The van der Waals surface area contributed by atoms with Crippen molar-refractivity contribution in [2.75, 3.05) is 0 Å². The summed E-state index contributed by atoms with van der Waals surface area (Å²) in [6.07, 6.45) is 1.92. The molecular formula is C29H23NO4. The van der Waals surface area contributed by atoms with Gasteiger partial charge in [-0.2, -0.15) is 0 Å². The lowest BCUT2D eigenvalue weighted by atomic mass is 9.96. The Morgan fingerprint density at radius 2 is 1.12 bits per heavy atom. The summed E-state index contributed by atoms with van der Waals surface area (Å²) in [6, 6.07) is 32.2. The molecule has 0 bridgehead atoms. The molecule has 0 N–H and O–H groups in total. The number of ether oxygens (including phenoxy) is 2. The highest BCUT2D eigenvalue weighted by Gasteiger charge is 2.36. The number of rotatable bonds is 7. The van der Waals surface area contributed by atoms with E-state index >= 15 is 0 Å². The van der Waals surface area contributed by atoms with Crippen molar-refractivity contribution >= 4 is 28.4 Å². The van der Waals surface area contributed by atoms with E-state index in [1.807, 2.05) is 114 Å². The molecule has 0 amide bonds. The zero-order chi connectivity index (χ0) is 23.3. The van der Waals surface area contributed by atoms with Crippen LogP contribution in [-0.4, -0.2) is 16.3 Å². The Kier molecular flexibility index (Phi) is 6.08. The van der Waals surface area contributed by atoms with E-state index in [9.17, 15) is 9.59 Å². The van der Waals surface area contributed by atoms with Crippen LogP contribution >= 0.6 is 0 Å². The molecule has 0 aliphatic heterocycles. The Balaban J connectivity index is 1.53. The van der Waals surface area contributed by atoms with Gasteiger partial charge in [0.2, 0.25) is 0 Å². The largest absolute Gasteiger partial charge is 0.460 e. The molecule has 0 unspecified atom stereocenters. The van der Waals surface area contributed by atoms with Gasteiger partial charge in [-0.1, -0.05) is 84.9 Å². The number of para-hydroxylation sites is 1. The molecular weight excluding hydrogens is 426 g/mol. The average molecular weight is 450 g/mol. The Morgan fingerprint density at radius 1 is 0.618 bits per heavy atom. The summed E-state index contributed by atoms with van der Waals surface area (Å²) in [5, 5.41) is 0.812. The van der Waals surface area contributed by atoms with E-state index in [-0.39, 0.29) is 13.2 Å². The molecule has 168 valence electrons. The Bertz CT molecular complexity index is 1330. The number of benzene rings is 3. The van der Waals surface area contributed by atoms with Gasteiger partial charge >= 0.3 is 11.9 Å².